The Bertz CT molecular complexity index is 657. The number of thioether (sulfide) groups is 1. The average Bonchev–Trinajstić information content (AvgIpc) is 3.14. The van der Waals surface area contributed by atoms with Crippen LogP contribution in [0.15, 0.2) is 33.9 Å². The lowest BCUT2D eigenvalue weighted by Crippen LogP contribution is -2.32. The number of aromatic nitrogens is 2. The summed E-state index contributed by atoms with van der Waals surface area (Å²) in [5, 5.41) is 11.6. The van der Waals surface area contributed by atoms with E-state index in [1.807, 2.05) is 19.1 Å². The second-order valence-corrected chi connectivity index (χ2v) is 6.65. The van der Waals surface area contributed by atoms with Gasteiger partial charge >= 0.3 is 0 Å². The van der Waals surface area contributed by atoms with Gasteiger partial charge < -0.3 is 9.73 Å². The lowest BCUT2D eigenvalue weighted by atomic mass is 10.2. The van der Waals surface area contributed by atoms with E-state index in [1.165, 1.54) is 11.8 Å². The Kier molecular flexibility index (Phi) is 4.17. The first-order valence-corrected chi connectivity index (χ1v) is 7.94. The highest BCUT2D eigenvalue weighted by Crippen LogP contribution is 2.28. The van der Waals surface area contributed by atoms with E-state index in [2.05, 4.69) is 15.5 Å². The molecule has 0 aliphatic heterocycles. The van der Waals surface area contributed by atoms with Crippen LogP contribution in [0.5, 0.6) is 0 Å². The molecule has 0 unspecified atom stereocenters. The molecular weight excluding hydrogens is 310 g/mol. The van der Waals surface area contributed by atoms with Gasteiger partial charge in [-0.3, -0.25) is 4.79 Å². The van der Waals surface area contributed by atoms with Crippen LogP contribution in [0.25, 0.3) is 11.5 Å². The zero-order valence-electron chi connectivity index (χ0n) is 11.4. The molecule has 1 heterocycles. The van der Waals surface area contributed by atoms with Crippen LogP contribution < -0.4 is 5.32 Å². The van der Waals surface area contributed by atoms with Gasteiger partial charge in [0.2, 0.25) is 11.8 Å². The molecule has 1 amide bonds. The lowest BCUT2D eigenvalue weighted by Gasteiger charge is -2.08. The largest absolute Gasteiger partial charge is 0.411 e. The number of hydrogen-bond donors (Lipinski definition) is 1. The van der Waals surface area contributed by atoms with Crippen molar-refractivity contribution in [2.45, 2.75) is 36.3 Å². The summed E-state index contributed by atoms with van der Waals surface area (Å²) < 4.78 is 5.57. The lowest BCUT2D eigenvalue weighted by molar-refractivity contribution is -0.120. The number of benzene rings is 1. The van der Waals surface area contributed by atoms with Gasteiger partial charge in [0.05, 0.1) is 5.25 Å². The molecule has 0 radical (unpaired) electrons. The maximum Gasteiger partial charge on any atom is 0.277 e. The van der Waals surface area contributed by atoms with E-state index < -0.39 is 0 Å². The minimum atomic E-state index is -0.265. The molecule has 21 heavy (non-hydrogen) atoms. The van der Waals surface area contributed by atoms with Crippen molar-refractivity contribution in [3.05, 3.63) is 29.3 Å². The van der Waals surface area contributed by atoms with Gasteiger partial charge in [0.15, 0.2) is 0 Å². The number of carbonyl (C=O) groups is 1. The smallest absolute Gasteiger partial charge is 0.277 e. The minimum Gasteiger partial charge on any atom is -0.411 e. The van der Waals surface area contributed by atoms with E-state index in [0.717, 1.165) is 18.4 Å². The average molecular weight is 324 g/mol. The van der Waals surface area contributed by atoms with Crippen LogP contribution in [0.4, 0.5) is 0 Å². The van der Waals surface area contributed by atoms with Crippen LogP contribution in [0.2, 0.25) is 5.02 Å². The van der Waals surface area contributed by atoms with Crippen molar-refractivity contribution in [2.75, 3.05) is 0 Å². The number of hydrogen-bond acceptors (Lipinski definition) is 5. The molecule has 1 aliphatic rings. The maximum atomic E-state index is 11.9. The molecule has 1 aromatic heterocycles. The SMILES string of the molecule is C[C@H](Sc1nnc(-c2cccc(Cl)c2)o1)C(=O)NC1CC1. The third kappa shape index (κ3) is 3.77. The van der Waals surface area contributed by atoms with Gasteiger partial charge in [0.1, 0.15) is 0 Å². The Labute approximate surface area is 131 Å². The van der Waals surface area contributed by atoms with Gasteiger partial charge in [-0.05, 0) is 38.0 Å². The predicted molar refractivity (Wildman–Crippen MR) is 81.2 cm³/mol. The summed E-state index contributed by atoms with van der Waals surface area (Å²) in [4.78, 5) is 11.9. The van der Waals surface area contributed by atoms with Crippen molar-refractivity contribution in [2.24, 2.45) is 0 Å². The summed E-state index contributed by atoms with van der Waals surface area (Å²) in [5.74, 6) is 0.403. The third-order valence-corrected chi connectivity index (χ3v) is 4.22. The van der Waals surface area contributed by atoms with Gasteiger partial charge in [0, 0.05) is 16.6 Å². The normalized spacial score (nSPS) is 15.7. The summed E-state index contributed by atoms with van der Waals surface area (Å²) in [6.07, 6.45) is 2.14. The van der Waals surface area contributed by atoms with Crippen molar-refractivity contribution >= 4 is 29.3 Å². The van der Waals surface area contributed by atoms with E-state index in [0.29, 0.717) is 22.2 Å². The topological polar surface area (TPSA) is 68.0 Å². The second kappa shape index (κ2) is 6.07. The Hall–Kier alpha value is -1.53. The molecule has 0 saturated heterocycles. The number of nitrogens with zero attached hydrogens (tertiary/aromatic N) is 2. The van der Waals surface area contributed by atoms with Crippen LogP contribution in [0.1, 0.15) is 19.8 Å². The quantitative estimate of drug-likeness (QED) is 0.856. The fraction of sp³-hybridized carbons (Fsp3) is 0.357. The van der Waals surface area contributed by atoms with E-state index >= 15 is 0 Å². The number of carbonyl (C=O) groups excluding carboxylic acids is 1. The van der Waals surface area contributed by atoms with Crippen molar-refractivity contribution < 1.29 is 9.21 Å². The molecule has 5 nitrogen and oxygen atoms in total. The highest BCUT2D eigenvalue weighted by molar-refractivity contribution is 8.00. The van der Waals surface area contributed by atoms with E-state index in [9.17, 15) is 4.79 Å². The van der Waals surface area contributed by atoms with E-state index in [1.54, 1.807) is 12.1 Å². The molecule has 3 rings (SSSR count). The zero-order valence-corrected chi connectivity index (χ0v) is 12.9. The fourth-order valence-electron chi connectivity index (χ4n) is 1.75. The number of rotatable bonds is 5. The molecule has 0 bridgehead atoms. The van der Waals surface area contributed by atoms with Gasteiger partial charge in [-0.15, -0.1) is 10.2 Å². The Balaban J connectivity index is 1.65. The fourth-order valence-corrected chi connectivity index (χ4v) is 2.63. The Morgan fingerprint density at radius 1 is 1.48 bits per heavy atom. The Morgan fingerprint density at radius 2 is 2.29 bits per heavy atom. The molecule has 1 atom stereocenters. The van der Waals surface area contributed by atoms with Crippen LogP contribution in [0.3, 0.4) is 0 Å². The molecular formula is C14H14ClN3O2S. The molecule has 7 heteroatoms. The number of halogens is 1. The first kappa shape index (κ1) is 14.4. The first-order valence-electron chi connectivity index (χ1n) is 6.68. The molecule has 1 aromatic carbocycles. The molecule has 2 aromatic rings. The van der Waals surface area contributed by atoms with Crippen molar-refractivity contribution in [3.63, 3.8) is 0 Å². The van der Waals surface area contributed by atoms with Crippen molar-refractivity contribution in [3.8, 4) is 11.5 Å². The molecule has 1 aliphatic carbocycles. The van der Waals surface area contributed by atoms with Crippen LogP contribution in [-0.2, 0) is 4.79 Å². The van der Waals surface area contributed by atoms with Gasteiger partial charge in [-0.25, -0.2) is 0 Å². The van der Waals surface area contributed by atoms with E-state index in [-0.39, 0.29) is 11.2 Å². The molecule has 110 valence electrons. The van der Waals surface area contributed by atoms with Gasteiger partial charge in [-0.2, -0.15) is 0 Å². The molecule has 1 saturated carbocycles. The summed E-state index contributed by atoms with van der Waals surface area (Å²) in [5.41, 5.74) is 0.761. The van der Waals surface area contributed by atoms with Crippen LogP contribution in [-0.4, -0.2) is 27.4 Å². The number of nitrogens with one attached hydrogen (secondary N) is 1. The summed E-state index contributed by atoms with van der Waals surface area (Å²) in [6, 6.07) is 7.55. The summed E-state index contributed by atoms with van der Waals surface area (Å²) in [6.45, 7) is 1.83. The second-order valence-electron chi connectivity index (χ2n) is 4.93. The van der Waals surface area contributed by atoms with Crippen LogP contribution >= 0.6 is 23.4 Å². The highest BCUT2D eigenvalue weighted by atomic mass is 35.5. The van der Waals surface area contributed by atoms with Crippen LogP contribution in [0, 0.1) is 0 Å². The van der Waals surface area contributed by atoms with Gasteiger partial charge in [0.25, 0.3) is 5.22 Å². The molecule has 0 spiro atoms. The number of amides is 1. The molecule has 1 fully saturated rings. The standard InChI is InChI=1S/C14H14ClN3O2S/c1-8(12(19)16-11-5-6-11)21-14-18-17-13(20-14)9-3-2-4-10(15)7-9/h2-4,7-8,11H,5-6H2,1H3,(H,16,19)/t8-/m0/s1. The maximum absolute atomic E-state index is 11.9. The third-order valence-electron chi connectivity index (χ3n) is 3.05. The monoisotopic (exact) mass is 323 g/mol. The highest BCUT2D eigenvalue weighted by Gasteiger charge is 2.27. The summed E-state index contributed by atoms with van der Waals surface area (Å²) in [7, 11) is 0. The summed E-state index contributed by atoms with van der Waals surface area (Å²) >= 11 is 7.19. The van der Waals surface area contributed by atoms with Crippen molar-refractivity contribution in [1.82, 2.24) is 15.5 Å². The molecule has 1 N–H and O–H groups in total. The predicted octanol–water partition coefficient (Wildman–Crippen LogP) is 3.15. The van der Waals surface area contributed by atoms with E-state index in [4.69, 9.17) is 16.0 Å². The van der Waals surface area contributed by atoms with Gasteiger partial charge in [-0.1, -0.05) is 29.4 Å². The Morgan fingerprint density at radius 3 is 3.00 bits per heavy atom. The first-order chi connectivity index (χ1) is 10.1. The minimum absolute atomic E-state index is 0.00463. The zero-order chi connectivity index (χ0) is 14.8. The van der Waals surface area contributed by atoms with Crippen molar-refractivity contribution in [1.29, 1.82) is 0 Å².